The quantitative estimate of drug-likeness (QED) is 0.554. The lowest BCUT2D eigenvalue weighted by Gasteiger charge is -2.12. The summed E-state index contributed by atoms with van der Waals surface area (Å²) in [4.78, 5) is 25.8. The molecule has 0 radical (unpaired) electrons. The molecular weight excluding hydrogens is 358 g/mol. The fourth-order valence-corrected chi connectivity index (χ4v) is 3.68. The largest absolute Gasteiger partial charge is 0.336 e. The molecule has 0 fully saturated rings. The van der Waals surface area contributed by atoms with E-state index in [2.05, 4.69) is 0 Å². The normalized spacial score (nSPS) is 11.2. The number of halogens is 2. The summed E-state index contributed by atoms with van der Waals surface area (Å²) in [6, 6.07) is 12.8. The van der Waals surface area contributed by atoms with Gasteiger partial charge in [-0.15, -0.1) is 11.3 Å². The van der Waals surface area contributed by atoms with Crippen LogP contribution in [0, 0.1) is 11.6 Å². The molecule has 2 aromatic carbocycles. The summed E-state index contributed by atoms with van der Waals surface area (Å²) in [5, 5.41) is 1.72. The topological polar surface area (TPSA) is 44.0 Å². The van der Waals surface area contributed by atoms with Gasteiger partial charge in [0, 0.05) is 0 Å². The third-order valence-electron chi connectivity index (χ3n) is 4.08. The van der Waals surface area contributed by atoms with Crippen LogP contribution in [0.25, 0.3) is 15.9 Å². The van der Waals surface area contributed by atoms with Gasteiger partial charge in [0.05, 0.1) is 17.7 Å². The second-order valence-electron chi connectivity index (χ2n) is 5.75. The predicted octanol–water partition coefficient (Wildman–Crippen LogP) is 3.54. The molecule has 7 heteroatoms. The van der Waals surface area contributed by atoms with Gasteiger partial charge in [-0.1, -0.05) is 18.2 Å². The SMILES string of the molecule is O=c1c2sccc2n(Cc2ccc(F)cc2)c(=O)n1-c1cccc(F)c1. The number of hydrogen-bond donors (Lipinski definition) is 0. The van der Waals surface area contributed by atoms with Crippen LogP contribution >= 0.6 is 11.3 Å². The van der Waals surface area contributed by atoms with Gasteiger partial charge in [-0.25, -0.2) is 18.1 Å². The lowest BCUT2D eigenvalue weighted by Crippen LogP contribution is -2.38. The second-order valence-corrected chi connectivity index (χ2v) is 6.67. The van der Waals surface area contributed by atoms with E-state index in [1.54, 1.807) is 23.6 Å². The fourth-order valence-electron chi connectivity index (χ4n) is 2.86. The third-order valence-corrected chi connectivity index (χ3v) is 4.97. The Morgan fingerprint density at radius 3 is 2.42 bits per heavy atom. The number of nitrogens with zero attached hydrogens (tertiary/aromatic N) is 2. The van der Waals surface area contributed by atoms with Crippen LogP contribution < -0.4 is 11.2 Å². The number of hydrogen-bond acceptors (Lipinski definition) is 3. The predicted molar refractivity (Wildman–Crippen MR) is 97.1 cm³/mol. The average molecular weight is 370 g/mol. The first-order valence-corrected chi connectivity index (χ1v) is 8.66. The lowest BCUT2D eigenvalue weighted by atomic mass is 10.2. The molecule has 0 aliphatic rings. The molecule has 0 aliphatic carbocycles. The van der Waals surface area contributed by atoms with Crippen LogP contribution in [0.2, 0.25) is 0 Å². The summed E-state index contributed by atoms with van der Waals surface area (Å²) in [5.41, 5.74) is 0.326. The molecule has 4 nitrogen and oxygen atoms in total. The van der Waals surface area contributed by atoms with Gasteiger partial charge in [0.1, 0.15) is 16.3 Å². The fraction of sp³-hybridized carbons (Fsp3) is 0.0526. The van der Waals surface area contributed by atoms with Gasteiger partial charge in [-0.05, 0) is 47.3 Å². The number of fused-ring (bicyclic) bond motifs is 1. The molecule has 4 aromatic rings. The molecule has 0 N–H and O–H groups in total. The van der Waals surface area contributed by atoms with Gasteiger partial charge in [-0.3, -0.25) is 9.36 Å². The third kappa shape index (κ3) is 2.76. The molecule has 0 bridgehead atoms. The summed E-state index contributed by atoms with van der Waals surface area (Å²) in [6.07, 6.45) is 0. The highest BCUT2D eigenvalue weighted by atomic mass is 32.1. The van der Waals surface area contributed by atoms with E-state index in [4.69, 9.17) is 0 Å². The highest BCUT2D eigenvalue weighted by molar-refractivity contribution is 7.17. The molecule has 0 atom stereocenters. The van der Waals surface area contributed by atoms with Crippen LogP contribution in [-0.4, -0.2) is 9.13 Å². The van der Waals surface area contributed by atoms with Gasteiger partial charge in [0.15, 0.2) is 0 Å². The molecule has 0 aliphatic heterocycles. The number of aromatic nitrogens is 2. The number of benzene rings is 2. The van der Waals surface area contributed by atoms with Crippen LogP contribution in [-0.2, 0) is 6.54 Å². The zero-order chi connectivity index (χ0) is 18.3. The first-order chi connectivity index (χ1) is 12.5. The van der Waals surface area contributed by atoms with Crippen molar-refractivity contribution in [3.63, 3.8) is 0 Å². The summed E-state index contributed by atoms with van der Waals surface area (Å²) in [5.74, 6) is -0.906. The Kier molecular flexibility index (Phi) is 4.00. The first kappa shape index (κ1) is 16.4. The van der Waals surface area contributed by atoms with Gasteiger partial charge >= 0.3 is 5.69 Å². The summed E-state index contributed by atoms with van der Waals surface area (Å²) < 4.78 is 29.5. The Morgan fingerprint density at radius 1 is 0.923 bits per heavy atom. The van der Waals surface area contributed by atoms with Crippen molar-refractivity contribution in [2.45, 2.75) is 6.54 Å². The van der Waals surface area contributed by atoms with Gasteiger partial charge in [0.2, 0.25) is 0 Å². The van der Waals surface area contributed by atoms with E-state index in [-0.39, 0.29) is 18.0 Å². The maximum atomic E-state index is 13.6. The van der Waals surface area contributed by atoms with Crippen molar-refractivity contribution in [2.75, 3.05) is 0 Å². The van der Waals surface area contributed by atoms with Crippen molar-refractivity contribution in [3.05, 3.63) is 98.0 Å². The van der Waals surface area contributed by atoms with E-state index in [9.17, 15) is 18.4 Å². The van der Waals surface area contributed by atoms with Crippen molar-refractivity contribution >= 4 is 21.6 Å². The van der Waals surface area contributed by atoms with E-state index in [0.717, 1.165) is 10.6 Å². The van der Waals surface area contributed by atoms with E-state index in [1.165, 1.54) is 46.2 Å². The zero-order valence-corrected chi connectivity index (χ0v) is 14.2. The van der Waals surface area contributed by atoms with Crippen LogP contribution in [0.5, 0.6) is 0 Å². The van der Waals surface area contributed by atoms with Crippen LogP contribution in [0.1, 0.15) is 5.56 Å². The number of rotatable bonds is 3. The molecule has 0 spiro atoms. The van der Waals surface area contributed by atoms with Gasteiger partial charge < -0.3 is 0 Å². The van der Waals surface area contributed by atoms with Crippen molar-refractivity contribution < 1.29 is 8.78 Å². The summed E-state index contributed by atoms with van der Waals surface area (Å²) in [7, 11) is 0. The highest BCUT2D eigenvalue weighted by Gasteiger charge is 2.16. The van der Waals surface area contributed by atoms with Crippen LogP contribution in [0.15, 0.2) is 69.6 Å². The number of thiophene rings is 1. The van der Waals surface area contributed by atoms with E-state index in [1.807, 2.05) is 0 Å². The minimum Gasteiger partial charge on any atom is -0.288 e. The molecule has 0 saturated heterocycles. The Morgan fingerprint density at radius 2 is 1.69 bits per heavy atom. The van der Waals surface area contributed by atoms with E-state index < -0.39 is 17.1 Å². The molecule has 130 valence electrons. The maximum absolute atomic E-state index is 13.6. The molecule has 2 heterocycles. The van der Waals surface area contributed by atoms with E-state index in [0.29, 0.717) is 15.8 Å². The zero-order valence-electron chi connectivity index (χ0n) is 13.4. The monoisotopic (exact) mass is 370 g/mol. The van der Waals surface area contributed by atoms with Crippen molar-refractivity contribution in [1.82, 2.24) is 9.13 Å². The first-order valence-electron chi connectivity index (χ1n) is 7.78. The molecule has 4 rings (SSSR count). The Bertz CT molecular complexity index is 1220. The molecular formula is C19H12F2N2O2S. The van der Waals surface area contributed by atoms with Crippen molar-refractivity contribution in [3.8, 4) is 5.69 Å². The maximum Gasteiger partial charge on any atom is 0.336 e. The minimum absolute atomic E-state index is 0.169. The molecule has 2 aromatic heterocycles. The Balaban J connectivity index is 1.98. The molecule has 0 saturated carbocycles. The summed E-state index contributed by atoms with van der Waals surface area (Å²) in [6.45, 7) is 0.169. The van der Waals surface area contributed by atoms with Gasteiger partial charge in [0.25, 0.3) is 5.56 Å². The van der Waals surface area contributed by atoms with Crippen molar-refractivity contribution in [1.29, 1.82) is 0 Å². The average Bonchev–Trinajstić information content (AvgIpc) is 3.10. The molecule has 0 unspecified atom stereocenters. The van der Waals surface area contributed by atoms with E-state index >= 15 is 0 Å². The van der Waals surface area contributed by atoms with Crippen molar-refractivity contribution in [2.24, 2.45) is 0 Å². The Hall–Kier alpha value is -3.06. The Labute approximate surface area is 150 Å². The highest BCUT2D eigenvalue weighted by Crippen LogP contribution is 2.18. The minimum atomic E-state index is -0.573. The smallest absolute Gasteiger partial charge is 0.288 e. The molecule has 0 amide bonds. The standard InChI is InChI=1S/C19H12F2N2O2S/c20-13-6-4-12(5-7-13)11-22-16-8-9-26-17(16)18(24)23(19(22)25)15-3-1-2-14(21)10-15/h1-10H,11H2. The van der Waals surface area contributed by atoms with Gasteiger partial charge in [-0.2, -0.15) is 0 Å². The summed E-state index contributed by atoms with van der Waals surface area (Å²) >= 11 is 1.22. The van der Waals surface area contributed by atoms with Crippen LogP contribution in [0.3, 0.4) is 0 Å². The molecule has 26 heavy (non-hydrogen) atoms. The lowest BCUT2D eigenvalue weighted by molar-refractivity contribution is 0.624. The van der Waals surface area contributed by atoms with Crippen LogP contribution in [0.4, 0.5) is 8.78 Å². The second kappa shape index (κ2) is 6.34.